The van der Waals surface area contributed by atoms with Crippen molar-refractivity contribution < 1.29 is 17.9 Å². The van der Waals surface area contributed by atoms with Gasteiger partial charge in [0.2, 0.25) is 10.0 Å². The molecule has 180 valence electrons. The summed E-state index contributed by atoms with van der Waals surface area (Å²) < 4.78 is 34.0. The van der Waals surface area contributed by atoms with Crippen molar-refractivity contribution in [3.05, 3.63) is 101 Å². The Morgan fingerprint density at radius 3 is 2.24 bits per heavy atom. The van der Waals surface area contributed by atoms with E-state index in [9.17, 15) is 13.2 Å². The van der Waals surface area contributed by atoms with Crippen molar-refractivity contribution in [3.8, 4) is 0 Å². The molecule has 0 aliphatic heterocycles. The second-order valence-electron chi connectivity index (χ2n) is 7.78. The van der Waals surface area contributed by atoms with E-state index in [2.05, 4.69) is 5.32 Å². The van der Waals surface area contributed by atoms with Gasteiger partial charge >= 0.3 is 0 Å². The molecule has 6 nitrogen and oxygen atoms in total. The van der Waals surface area contributed by atoms with Crippen molar-refractivity contribution in [3.63, 3.8) is 0 Å². The van der Waals surface area contributed by atoms with Crippen LogP contribution in [0.25, 0.3) is 0 Å². The molecule has 3 rings (SSSR count). The maximum Gasteiger partial charge on any atom is 0.251 e. The van der Waals surface area contributed by atoms with Crippen LogP contribution in [-0.4, -0.2) is 38.9 Å². The molecule has 0 bridgehead atoms. The van der Waals surface area contributed by atoms with Crippen LogP contribution in [0.5, 0.6) is 0 Å². The molecule has 3 aromatic carbocycles. The zero-order chi connectivity index (χ0) is 24.6. The summed E-state index contributed by atoms with van der Waals surface area (Å²) in [4.78, 5) is 12.5. The summed E-state index contributed by atoms with van der Waals surface area (Å²) in [7, 11) is -2.26. The Balaban J connectivity index is 1.93. The van der Waals surface area contributed by atoms with Gasteiger partial charge < -0.3 is 10.1 Å². The first-order valence-corrected chi connectivity index (χ1v) is 12.9. The van der Waals surface area contributed by atoms with Gasteiger partial charge in [-0.15, -0.1) is 0 Å². The van der Waals surface area contributed by atoms with Crippen molar-refractivity contribution in [2.24, 2.45) is 0 Å². The second-order valence-corrected chi connectivity index (χ2v) is 10.1. The van der Waals surface area contributed by atoms with E-state index in [-0.39, 0.29) is 23.4 Å². The van der Waals surface area contributed by atoms with Gasteiger partial charge in [0.25, 0.3) is 5.91 Å². The summed E-state index contributed by atoms with van der Waals surface area (Å²) in [5.74, 6) is -0.204. The van der Waals surface area contributed by atoms with E-state index in [1.807, 2.05) is 37.3 Å². The predicted octanol–water partition coefficient (Wildman–Crippen LogP) is 5.06. The van der Waals surface area contributed by atoms with Crippen LogP contribution in [0.4, 0.5) is 0 Å². The fourth-order valence-electron chi connectivity index (χ4n) is 3.70. The zero-order valence-corrected chi connectivity index (χ0v) is 20.9. The molecule has 0 fully saturated rings. The molecule has 1 atom stereocenters. The third kappa shape index (κ3) is 6.45. The van der Waals surface area contributed by atoms with Crippen molar-refractivity contribution >= 4 is 27.5 Å². The van der Waals surface area contributed by atoms with Crippen molar-refractivity contribution in [1.82, 2.24) is 9.62 Å². The van der Waals surface area contributed by atoms with Crippen molar-refractivity contribution in [2.75, 3.05) is 20.3 Å². The molecule has 0 aliphatic carbocycles. The summed E-state index contributed by atoms with van der Waals surface area (Å²) in [6.45, 7) is 2.97. The first-order chi connectivity index (χ1) is 16.4. The standard InChI is InChI=1S/C26H29ClN2O4S/c1-3-25(21-7-5-4-6-8-21)29(34(31,32)24-15-13-23(27)14-16-24)19-20-9-11-22(12-10-20)26(30)28-17-18-33-2/h4-16,25H,3,17-19H2,1-2H3,(H,28,30). The first-order valence-electron chi connectivity index (χ1n) is 11.0. The van der Waals surface area contributed by atoms with Gasteiger partial charge in [-0.2, -0.15) is 4.31 Å². The number of carbonyl (C=O) groups is 1. The summed E-state index contributed by atoms with van der Waals surface area (Å²) in [6, 6.07) is 22.4. The maximum absolute atomic E-state index is 13.8. The molecule has 8 heteroatoms. The number of benzene rings is 3. The van der Waals surface area contributed by atoms with E-state index < -0.39 is 10.0 Å². The number of hydrogen-bond donors (Lipinski definition) is 1. The molecule has 1 N–H and O–H groups in total. The van der Waals surface area contributed by atoms with Crippen LogP contribution in [0.15, 0.2) is 83.8 Å². The van der Waals surface area contributed by atoms with E-state index >= 15 is 0 Å². The zero-order valence-electron chi connectivity index (χ0n) is 19.3. The molecule has 0 aromatic heterocycles. The van der Waals surface area contributed by atoms with Gasteiger partial charge in [0, 0.05) is 30.8 Å². The number of nitrogens with zero attached hydrogens (tertiary/aromatic N) is 1. The van der Waals surface area contributed by atoms with Crippen LogP contribution < -0.4 is 5.32 Å². The van der Waals surface area contributed by atoms with Gasteiger partial charge in [0.1, 0.15) is 0 Å². The summed E-state index contributed by atoms with van der Waals surface area (Å²) in [6.07, 6.45) is 0.594. The Morgan fingerprint density at radius 1 is 1.00 bits per heavy atom. The largest absolute Gasteiger partial charge is 0.383 e. The van der Waals surface area contributed by atoms with Gasteiger partial charge in [-0.3, -0.25) is 4.79 Å². The van der Waals surface area contributed by atoms with E-state index in [0.29, 0.717) is 30.2 Å². The number of sulfonamides is 1. The van der Waals surface area contributed by atoms with Crippen LogP contribution in [0.3, 0.4) is 0 Å². The minimum Gasteiger partial charge on any atom is -0.383 e. The molecule has 0 saturated heterocycles. The highest BCUT2D eigenvalue weighted by atomic mass is 35.5. The van der Waals surface area contributed by atoms with E-state index in [1.54, 1.807) is 43.5 Å². The quantitative estimate of drug-likeness (QED) is 0.373. The number of nitrogens with one attached hydrogen (secondary N) is 1. The summed E-state index contributed by atoms with van der Waals surface area (Å²) >= 11 is 5.99. The normalized spacial score (nSPS) is 12.5. The van der Waals surface area contributed by atoms with E-state index in [4.69, 9.17) is 16.3 Å². The Kier molecular flexibility index (Phi) is 9.24. The van der Waals surface area contributed by atoms with Crippen LogP contribution in [0.2, 0.25) is 5.02 Å². The average molecular weight is 501 g/mol. The highest BCUT2D eigenvalue weighted by Gasteiger charge is 2.31. The topological polar surface area (TPSA) is 75.7 Å². The van der Waals surface area contributed by atoms with Crippen LogP contribution in [0, 0.1) is 0 Å². The first kappa shape index (κ1) is 25.9. The lowest BCUT2D eigenvalue weighted by molar-refractivity contribution is 0.0937. The molecule has 0 radical (unpaired) electrons. The van der Waals surface area contributed by atoms with E-state index in [1.165, 1.54) is 16.4 Å². The Bertz CT molecular complexity index is 1170. The number of methoxy groups -OCH3 is 1. The predicted molar refractivity (Wildman–Crippen MR) is 134 cm³/mol. The third-order valence-electron chi connectivity index (χ3n) is 5.49. The lowest BCUT2D eigenvalue weighted by Crippen LogP contribution is -2.34. The van der Waals surface area contributed by atoms with Gasteiger partial charge in [0.05, 0.1) is 17.5 Å². The highest BCUT2D eigenvalue weighted by molar-refractivity contribution is 7.89. The maximum atomic E-state index is 13.8. The molecule has 0 heterocycles. The Morgan fingerprint density at radius 2 is 1.65 bits per heavy atom. The lowest BCUT2D eigenvalue weighted by Gasteiger charge is -2.31. The lowest BCUT2D eigenvalue weighted by atomic mass is 10.0. The SMILES string of the molecule is CCC(c1ccccc1)N(Cc1ccc(C(=O)NCCOC)cc1)S(=O)(=O)c1ccc(Cl)cc1. The molecule has 1 amide bonds. The molecular weight excluding hydrogens is 472 g/mol. The number of amides is 1. The van der Waals surface area contributed by atoms with Gasteiger partial charge in [-0.1, -0.05) is 61.0 Å². The third-order valence-corrected chi connectivity index (χ3v) is 7.61. The second kappa shape index (κ2) is 12.1. The van der Waals surface area contributed by atoms with Crippen LogP contribution in [-0.2, 0) is 21.3 Å². The number of carbonyl (C=O) groups excluding carboxylic acids is 1. The van der Waals surface area contributed by atoms with Gasteiger partial charge in [0.15, 0.2) is 0 Å². The number of ether oxygens (including phenoxy) is 1. The molecule has 0 saturated carbocycles. The molecule has 3 aromatic rings. The summed E-state index contributed by atoms with van der Waals surface area (Å²) in [5, 5.41) is 3.25. The van der Waals surface area contributed by atoms with Crippen molar-refractivity contribution in [1.29, 1.82) is 0 Å². The fraction of sp³-hybridized carbons (Fsp3) is 0.269. The smallest absolute Gasteiger partial charge is 0.251 e. The number of hydrogen-bond acceptors (Lipinski definition) is 4. The number of rotatable bonds is 11. The molecule has 1 unspecified atom stereocenters. The Hall–Kier alpha value is -2.71. The van der Waals surface area contributed by atoms with Gasteiger partial charge in [-0.05, 0) is 53.9 Å². The van der Waals surface area contributed by atoms with Gasteiger partial charge in [-0.25, -0.2) is 8.42 Å². The number of halogens is 1. The van der Waals surface area contributed by atoms with Crippen LogP contribution in [0.1, 0.15) is 40.9 Å². The fourth-order valence-corrected chi connectivity index (χ4v) is 5.50. The highest BCUT2D eigenvalue weighted by Crippen LogP contribution is 2.32. The molecular formula is C26H29ClN2O4S. The molecule has 0 aliphatic rings. The Labute approximate surface area is 206 Å². The average Bonchev–Trinajstić information content (AvgIpc) is 2.85. The molecule has 34 heavy (non-hydrogen) atoms. The monoisotopic (exact) mass is 500 g/mol. The molecule has 0 spiro atoms. The minimum atomic E-state index is -3.84. The van der Waals surface area contributed by atoms with Crippen molar-refractivity contribution in [2.45, 2.75) is 30.8 Å². The summed E-state index contributed by atoms with van der Waals surface area (Å²) in [5.41, 5.74) is 2.19. The minimum absolute atomic E-state index is 0.157. The van der Waals surface area contributed by atoms with E-state index in [0.717, 1.165) is 11.1 Å². The van der Waals surface area contributed by atoms with Crippen LogP contribution >= 0.6 is 11.6 Å².